The third-order valence-corrected chi connectivity index (χ3v) is 2.75. The molecule has 2 aromatic heterocycles. The van der Waals surface area contributed by atoms with E-state index < -0.39 is 0 Å². The molecule has 2 aromatic rings. The van der Waals surface area contributed by atoms with Crippen LogP contribution in [0.25, 0.3) is 5.95 Å². The molecule has 2 rings (SSSR count). The summed E-state index contributed by atoms with van der Waals surface area (Å²) in [5.41, 5.74) is 0. The fourth-order valence-electron chi connectivity index (χ4n) is 1.75. The minimum absolute atomic E-state index is 0.540. The summed E-state index contributed by atoms with van der Waals surface area (Å²) in [7, 11) is 1.71. The third kappa shape index (κ3) is 4.67. The van der Waals surface area contributed by atoms with E-state index >= 15 is 0 Å². The van der Waals surface area contributed by atoms with Crippen molar-refractivity contribution in [2.75, 3.05) is 37.4 Å². The molecule has 0 atom stereocenters. The minimum Gasteiger partial charge on any atom is -0.385 e. The van der Waals surface area contributed by atoms with Crippen molar-refractivity contribution >= 4 is 11.9 Å². The van der Waals surface area contributed by atoms with Crippen molar-refractivity contribution in [2.24, 2.45) is 0 Å². The SMILES string of the molecule is CCNc1nc(NCCCCOC)nc(-n2ccnc2)n1. The van der Waals surface area contributed by atoms with E-state index in [1.54, 1.807) is 30.4 Å². The first-order valence-electron chi connectivity index (χ1n) is 7.04. The van der Waals surface area contributed by atoms with Gasteiger partial charge in [-0.25, -0.2) is 4.98 Å². The summed E-state index contributed by atoms with van der Waals surface area (Å²) in [4.78, 5) is 17.1. The molecule has 0 saturated carbocycles. The van der Waals surface area contributed by atoms with E-state index in [2.05, 4.69) is 30.6 Å². The third-order valence-electron chi connectivity index (χ3n) is 2.75. The van der Waals surface area contributed by atoms with Gasteiger partial charge >= 0.3 is 0 Å². The average Bonchev–Trinajstić information content (AvgIpc) is 3.01. The number of methoxy groups -OCH3 is 1. The van der Waals surface area contributed by atoms with Gasteiger partial charge in [0.15, 0.2) is 0 Å². The Morgan fingerprint density at radius 2 is 1.95 bits per heavy atom. The number of imidazole rings is 1. The predicted molar refractivity (Wildman–Crippen MR) is 80.7 cm³/mol. The van der Waals surface area contributed by atoms with Gasteiger partial charge in [0.05, 0.1) is 0 Å². The van der Waals surface area contributed by atoms with E-state index in [4.69, 9.17) is 4.74 Å². The molecule has 0 amide bonds. The fraction of sp³-hybridized carbons (Fsp3) is 0.538. The quantitative estimate of drug-likeness (QED) is 0.673. The van der Waals surface area contributed by atoms with Crippen LogP contribution in [-0.4, -0.2) is 51.3 Å². The second-order valence-electron chi connectivity index (χ2n) is 4.41. The molecule has 0 aromatic carbocycles. The summed E-state index contributed by atoms with van der Waals surface area (Å²) >= 11 is 0. The molecule has 2 N–H and O–H groups in total. The van der Waals surface area contributed by atoms with Crippen molar-refractivity contribution in [2.45, 2.75) is 19.8 Å². The highest BCUT2D eigenvalue weighted by Crippen LogP contribution is 2.09. The van der Waals surface area contributed by atoms with Crippen LogP contribution in [0.4, 0.5) is 11.9 Å². The van der Waals surface area contributed by atoms with Crippen molar-refractivity contribution in [3.63, 3.8) is 0 Å². The second-order valence-corrected chi connectivity index (χ2v) is 4.41. The number of rotatable bonds is 9. The molecule has 114 valence electrons. The largest absolute Gasteiger partial charge is 0.385 e. The Morgan fingerprint density at radius 3 is 2.62 bits per heavy atom. The Morgan fingerprint density at radius 1 is 1.14 bits per heavy atom. The van der Waals surface area contributed by atoms with Gasteiger partial charge in [-0.3, -0.25) is 4.57 Å². The van der Waals surface area contributed by atoms with Gasteiger partial charge in [0, 0.05) is 39.2 Å². The van der Waals surface area contributed by atoms with Gasteiger partial charge in [-0.1, -0.05) is 0 Å². The molecule has 0 aliphatic carbocycles. The van der Waals surface area contributed by atoms with Crippen LogP contribution >= 0.6 is 0 Å². The highest BCUT2D eigenvalue weighted by molar-refractivity contribution is 5.37. The lowest BCUT2D eigenvalue weighted by molar-refractivity contribution is 0.193. The smallest absolute Gasteiger partial charge is 0.241 e. The number of nitrogens with zero attached hydrogens (tertiary/aromatic N) is 5. The Labute approximate surface area is 124 Å². The molecular weight excluding hydrogens is 270 g/mol. The monoisotopic (exact) mass is 291 g/mol. The lowest BCUT2D eigenvalue weighted by Gasteiger charge is -2.09. The second kappa shape index (κ2) is 8.15. The van der Waals surface area contributed by atoms with Crippen LogP contribution in [0.2, 0.25) is 0 Å². The Balaban J connectivity index is 2.05. The van der Waals surface area contributed by atoms with Gasteiger partial charge in [0.1, 0.15) is 6.33 Å². The average molecular weight is 291 g/mol. The number of anilines is 2. The number of hydrogen-bond donors (Lipinski definition) is 2. The molecular formula is C13H21N7O. The maximum atomic E-state index is 5.02. The molecule has 0 radical (unpaired) electrons. The molecule has 8 nitrogen and oxygen atoms in total. The molecule has 21 heavy (non-hydrogen) atoms. The van der Waals surface area contributed by atoms with Crippen LogP contribution < -0.4 is 10.6 Å². The molecule has 8 heteroatoms. The lowest BCUT2D eigenvalue weighted by Crippen LogP contribution is -2.13. The first-order chi connectivity index (χ1) is 10.3. The summed E-state index contributed by atoms with van der Waals surface area (Å²) in [6.45, 7) is 4.31. The van der Waals surface area contributed by atoms with Crippen molar-refractivity contribution in [3.8, 4) is 5.95 Å². The highest BCUT2D eigenvalue weighted by atomic mass is 16.5. The van der Waals surface area contributed by atoms with Gasteiger partial charge in [-0.2, -0.15) is 15.0 Å². The zero-order chi connectivity index (χ0) is 14.9. The summed E-state index contributed by atoms with van der Waals surface area (Å²) in [6.07, 6.45) is 7.15. The Kier molecular flexibility index (Phi) is 5.89. The van der Waals surface area contributed by atoms with Gasteiger partial charge in [-0.05, 0) is 19.8 Å². The molecule has 0 unspecified atom stereocenters. The summed E-state index contributed by atoms with van der Waals surface area (Å²) in [6, 6.07) is 0. The van der Waals surface area contributed by atoms with Crippen LogP contribution in [0.3, 0.4) is 0 Å². The number of unbranched alkanes of at least 4 members (excludes halogenated alkanes) is 1. The maximum Gasteiger partial charge on any atom is 0.241 e. The van der Waals surface area contributed by atoms with Crippen LogP contribution in [0.15, 0.2) is 18.7 Å². The minimum atomic E-state index is 0.540. The fourth-order valence-corrected chi connectivity index (χ4v) is 1.75. The van der Waals surface area contributed by atoms with Crippen LogP contribution in [0.1, 0.15) is 19.8 Å². The summed E-state index contributed by atoms with van der Waals surface area (Å²) < 4.78 is 6.77. The first-order valence-corrected chi connectivity index (χ1v) is 7.04. The number of hydrogen-bond acceptors (Lipinski definition) is 7. The molecule has 0 fully saturated rings. The van der Waals surface area contributed by atoms with E-state index in [0.29, 0.717) is 17.8 Å². The van der Waals surface area contributed by atoms with Gasteiger partial charge in [0.2, 0.25) is 17.8 Å². The highest BCUT2D eigenvalue weighted by Gasteiger charge is 2.07. The summed E-state index contributed by atoms with van der Waals surface area (Å²) in [5, 5.41) is 6.32. The van der Waals surface area contributed by atoms with Crippen molar-refractivity contribution < 1.29 is 4.74 Å². The van der Waals surface area contributed by atoms with Crippen LogP contribution in [0.5, 0.6) is 0 Å². The molecule has 0 saturated heterocycles. The van der Waals surface area contributed by atoms with Crippen molar-refractivity contribution in [1.29, 1.82) is 0 Å². The summed E-state index contributed by atoms with van der Waals surface area (Å²) in [5.74, 6) is 1.65. The predicted octanol–water partition coefficient (Wildman–Crippen LogP) is 1.33. The number of nitrogens with one attached hydrogen (secondary N) is 2. The zero-order valence-corrected chi connectivity index (χ0v) is 12.4. The van der Waals surface area contributed by atoms with Gasteiger partial charge < -0.3 is 15.4 Å². The van der Waals surface area contributed by atoms with E-state index in [1.165, 1.54) is 0 Å². The van der Waals surface area contributed by atoms with Crippen LogP contribution in [-0.2, 0) is 4.74 Å². The Hall–Kier alpha value is -2.22. The lowest BCUT2D eigenvalue weighted by atomic mass is 10.3. The van der Waals surface area contributed by atoms with E-state index in [1.807, 2.05) is 6.92 Å². The molecule has 0 bridgehead atoms. The number of aromatic nitrogens is 5. The Bertz CT molecular complexity index is 529. The number of ether oxygens (including phenoxy) is 1. The van der Waals surface area contributed by atoms with Gasteiger partial charge in [-0.15, -0.1) is 0 Å². The van der Waals surface area contributed by atoms with Crippen molar-refractivity contribution in [3.05, 3.63) is 18.7 Å². The molecule has 2 heterocycles. The standard InChI is InChI=1S/C13H21N7O/c1-3-15-11-17-12(16-6-4-5-9-21-2)19-13(18-11)20-8-7-14-10-20/h7-8,10H,3-6,9H2,1-2H3,(H2,15,16,17,18,19). The maximum absolute atomic E-state index is 5.02. The first kappa shape index (κ1) is 15.2. The molecule has 0 aliphatic heterocycles. The zero-order valence-electron chi connectivity index (χ0n) is 12.4. The van der Waals surface area contributed by atoms with E-state index in [-0.39, 0.29) is 0 Å². The van der Waals surface area contributed by atoms with E-state index in [9.17, 15) is 0 Å². The normalized spacial score (nSPS) is 10.6. The van der Waals surface area contributed by atoms with Crippen LogP contribution in [0, 0.1) is 0 Å². The molecule has 0 spiro atoms. The topological polar surface area (TPSA) is 89.8 Å². The van der Waals surface area contributed by atoms with E-state index in [0.717, 1.165) is 32.5 Å². The van der Waals surface area contributed by atoms with Crippen molar-refractivity contribution in [1.82, 2.24) is 24.5 Å². The van der Waals surface area contributed by atoms with Gasteiger partial charge in [0.25, 0.3) is 0 Å². The molecule has 0 aliphatic rings.